The molecule has 0 atom stereocenters. The topological polar surface area (TPSA) is 39.3 Å². The first kappa shape index (κ1) is 10.8. The summed E-state index contributed by atoms with van der Waals surface area (Å²) >= 11 is 2.05. The summed E-state index contributed by atoms with van der Waals surface area (Å²) in [6, 6.07) is 7.83. The maximum atomic E-state index is 12.3. The van der Waals surface area contributed by atoms with Crippen LogP contribution in [0.1, 0.15) is 5.69 Å². The summed E-state index contributed by atoms with van der Waals surface area (Å²) in [5.41, 5.74) is 2.70. The molecule has 2 aromatic heterocycles. The summed E-state index contributed by atoms with van der Waals surface area (Å²) in [4.78, 5) is 16.8. The normalized spacial score (nSPS) is 11.5. The number of rotatable bonds is 0. The van der Waals surface area contributed by atoms with Crippen LogP contribution in [-0.4, -0.2) is 14.0 Å². The number of fused-ring (bicyclic) bond motifs is 3. The van der Waals surface area contributed by atoms with E-state index in [9.17, 15) is 4.79 Å². The summed E-state index contributed by atoms with van der Waals surface area (Å²) in [5.74, 6) is 0.689. The number of aromatic nitrogens is 3. The Balaban J connectivity index is 2.73. The van der Waals surface area contributed by atoms with Crippen LogP contribution < -0.4 is 5.56 Å². The van der Waals surface area contributed by atoms with Gasteiger partial charge in [-0.2, -0.15) is 0 Å². The predicted molar refractivity (Wildman–Crippen MR) is 75.4 cm³/mol. The fraction of sp³-hybridized carbons (Fsp3) is 0.167. The monoisotopic (exact) mass is 339 g/mol. The largest absolute Gasteiger partial charge is 0.313 e. The van der Waals surface area contributed by atoms with Gasteiger partial charge in [0.25, 0.3) is 5.56 Å². The second-order valence-electron chi connectivity index (χ2n) is 4.00. The Morgan fingerprint density at radius 2 is 1.88 bits per heavy atom. The molecule has 3 aromatic rings. The second kappa shape index (κ2) is 3.56. The summed E-state index contributed by atoms with van der Waals surface area (Å²) < 4.78 is 4.29. The summed E-state index contributed by atoms with van der Waals surface area (Å²) in [6.07, 6.45) is 0. The van der Waals surface area contributed by atoms with Crippen molar-refractivity contribution in [2.45, 2.75) is 6.92 Å². The molecule has 0 aliphatic heterocycles. The molecule has 0 bridgehead atoms. The summed E-state index contributed by atoms with van der Waals surface area (Å²) in [5, 5.41) is 0. The standard InChI is InChI=1S/C12H10IN3O/c1-7-10(13)11(17)16-9-6-4-3-5-8(9)15(2)12(16)14-7/h3-6H,1-2H3. The number of halogens is 1. The Hall–Kier alpha value is -1.37. The van der Waals surface area contributed by atoms with Gasteiger partial charge in [-0.1, -0.05) is 12.1 Å². The molecule has 0 aliphatic carbocycles. The highest BCUT2D eigenvalue weighted by molar-refractivity contribution is 14.1. The highest BCUT2D eigenvalue weighted by atomic mass is 127. The molecule has 2 heterocycles. The quantitative estimate of drug-likeness (QED) is 0.589. The fourth-order valence-electron chi connectivity index (χ4n) is 2.08. The Bertz CT molecular complexity index is 801. The van der Waals surface area contributed by atoms with Crippen molar-refractivity contribution in [1.29, 1.82) is 0 Å². The van der Waals surface area contributed by atoms with Crippen molar-refractivity contribution in [2.75, 3.05) is 0 Å². The number of benzene rings is 1. The minimum absolute atomic E-state index is 0.00454. The van der Waals surface area contributed by atoms with Gasteiger partial charge in [-0.3, -0.25) is 4.79 Å². The van der Waals surface area contributed by atoms with Gasteiger partial charge in [0.15, 0.2) is 0 Å². The van der Waals surface area contributed by atoms with Crippen LogP contribution in [0.5, 0.6) is 0 Å². The smallest absolute Gasteiger partial charge is 0.273 e. The maximum absolute atomic E-state index is 12.3. The van der Waals surface area contributed by atoms with Crippen LogP contribution in [0.15, 0.2) is 29.1 Å². The lowest BCUT2D eigenvalue weighted by molar-refractivity contribution is 0.918. The van der Waals surface area contributed by atoms with Crippen molar-refractivity contribution in [2.24, 2.45) is 7.05 Å². The van der Waals surface area contributed by atoms with Gasteiger partial charge >= 0.3 is 0 Å². The number of aryl methyl sites for hydroxylation is 2. The molecule has 3 rings (SSSR count). The molecular formula is C12H10IN3O. The van der Waals surface area contributed by atoms with Gasteiger partial charge < -0.3 is 4.57 Å². The van der Waals surface area contributed by atoms with Crippen LogP contribution in [0.25, 0.3) is 16.8 Å². The van der Waals surface area contributed by atoms with Gasteiger partial charge in [-0.15, -0.1) is 0 Å². The van der Waals surface area contributed by atoms with Gasteiger partial charge in [0.05, 0.1) is 16.7 Å². The molecule has 0 saturated heterocycles. The fourth-order valence-corrected chi connectivity index (χ4v) is 2.44. The molecule has 0 amide bonds. The summed E-state index contributed by atoms with van der Waals surface area (Å²) in [7, 11) is 1.93. The van der Waals surface area contributed by atoms with Crippen molar-refractivity contribution in [3.8, 4) is 0 Å². The van der Waals surface area contributed by atoms with E-state index in [0.717, 1.165) is 16.7 Å². The lowest BCUT2D eigenvalue weighted by Gasteiger charge is -2.00. The molecule has 0 unspecified atom stereocenters. The number of hydrogen-bond donors (Lipinski definition) is 0. The van der Waals surface area contributed by atoms with Crippen molar-refractivity contribution in [3.63, 3.8) is 0 Å². The van der Waals surface area contributed by atoms with Gasteiger partial charge in [-0.25, -0.2) is 9.38 Å². The lowest BCUT2D eigenvalue weighted by Crippen LogP contribution is -2.19. The van der Waals surface area contributed by atoms with E-state index >= 15 is 0 Å². The molecule has 5 heteroatoms. The molecule has 0 spiro atoms. The van der Waals surface area contributed by atoms with E-state index in [4.69, 9.17) is 0 Å². The number of nitrogens with zero attached hydrogens (tertiary/aromatic N) is 3. The lowest BCUT2D eigenvalue weighted by atomic mass is 10.3. The Labute approximate surface area is 111 Å². The summed E-state index contributed by atoms with van der Waals surface area (Å²) in [6.45, 7) is 1.86. The zero-order chi connectivity index (χ0) is 12.2. The molecule has 0 aliphatic rings. The van der Waals surface area contributed by atoms with Crippen LogP contribution in [0.2, 0.25) is 0 Å². The third kappa shape index (κ3) is 1.35. The van der Waals surface area contributed by atoms with E-state index in [2.05, 4.69) is 27.6 Å². The molecule has 86 valence electrons. The Morgan fingerprint density at radius 1 is 1.24 bits per heavy atom. The van der Waals surface area contributed by atoms with Gasteiger partial charge in [0, 0.05) is 7.05 Å². The van der Waals surface area contributed by atoms with E-state index < -0.39 is 0 Å². The molecular weight excluding hydrogens is 329 g/mol. The minimum Gasteiger partial charge on any atom is -0.313 e. The van der Waals surface area contributed by atoms with Crippen LogP contribution in [0.4, 0.5) is 0 Å². The Morgan fingerprint density at radius 3 is 2.59 bits per heavy atom. The third-order valence-electron chi connectivity index (χ3n) is 2.96. The van der Waals surface area contributed by atoms with E-state index in [0.29, 0.717) is 9.35 Å². The first-order chi connectivity index (χ1) is 8.11. The number of hydrogen-bond acceptors (Lipinski definition) is 2. The molecule has 0 N–H and O–H groups in total. The van der Waals surface area contributed by atoms with Crippen molar-refractivity contribution < 1.29 is 0 Å². The molecule has 0 radical (unpaired) electrons. The minimum atomic E-state index is 0.00454. The van der Waals surface area contributed by atoms with E-state index in [1.54, 1.807) is 4.40 Å². The van der Waals surface area contributed by atoms with Gasteiger partial charge in [0.2, 0.25) is 5.78 Å². The van der Waals surface area contributed by atoms with E-state index in [1.807, 2.05) is 42.8 Å². The van der Waals surface area contributed by atoms with Crippen LogP contribution in [0.3, 0.4) is 0 Å². The first-order valence-corrected chi connectivity index (χ1v) is 6.31. The molecule has 1 aromatic carbocycles. The van der Waals surface area contributed by atoms with Crippen molar-refractivity contribution >= 4 is 39.4 Å². The van der Waals surface area contributed by atoms with Crippen molar-refractivity contribution in [1.82, 2.24) is 14.0 Å². The third-order valence-corrected chi connectivity index (χ3v) is 4.20. The highest BCUT2D eigenvalue weighted by Crippen LogP contribution is 2.17. The van der Waals surface area contributed by atoms with Gasteiger partial charge in [0.1, 0.15) is 3.57 Å². The maximum Gasteiger partial charge on any atom is 0.273 e. The molecule has 0 fully saturated rings. The van der Waals surface area contributed by atoms with Crippen LogP contribution in [0, 0.1) is 10.5 Å². The predicted octanol–water partition coefficient (Wildman–Crippen LogP) is 2.10. The first-order valence-electron chi connectivity index (χ1n) is 5.23. The zero-order valence-electron chi connectivity index (χ0n) is 9.44. The van der Waals surface area contributed by atoms with E-state index in [-0.39, 0.29) is 5.56 Å². The number of para-hydroxylation sites is 2. The SMILES string of the molecule is Cc1nc2n(C)c3ccccc3n2c(=O)c1I. The van der Waals surface area contributed by atoms with Gasteiger partial charge in [-0.05, 0) is 41.6 Å². The zero-order valence-corrected chi connectivity index (χ0v) is 11.6. The molecule has 4 nitrogen and oxygen atoms in total. The average Bonchev–Trinajstić information content (AvgIpc) is 2.61. The van der Waals surface area contributed by atoms with E-state index in [1.165, 1.54) is 0 Å². The Kier molecular flexibility index (Phi) is 2.25. The number of imidazole rings is 1. The van der Waals surface area contributed by atoms with Crippen LogP contribution >= 0.6 is 22.6 Å². The average molecular weight is 339 g/mol. The molecule has 0 saturated carbocycles. The van der Waals surface area contributed by atoms with Crippen LogP contribution in [-0.2, 0) is 7.05 Å². The second-order valence-corrected chi connectivity index (χ2v) is 5.08. The molecule has 17 heavy (non-hydrogen) atoms. The highest BCUT2D eigenvalue weighted by Gasteiger charge is 2.13. The van der Waals surface area contributed by atoms with Crippen molar-refractivity contribution in [3.05, 3.63) is 43.9 Å².